The zero-order valence-electron chi connectivity index (χ0n) is 8.99. The summed E-state index contributed by atoms with van der Waals surface area (Å²) in [4.78, 5) is 1.88. The van der Waals surface area contributed by atoms with Crippen LogP contribution in [0.3, 0.4) is 0 Å². The van der Waals surface area contributed by atoms with Crippen molar-refractivity contribution in [2.75, 3.05) is 19.0 Å². The number of halogens is 1. The maximum Gasteiger partial charge on any atom is 0.236 e. The summed E-state index contributed by atoms with van der Waals surface area (Å²) in [5, 5.41) is 0. The number of anilines is 1. The van der Waals surface area contributed by atoms with E-state index >= 15 is 0 Å². The van der Waals surface area contributed by atoms with Crippen LogP contribution in [0, 0.1) is 6.92 Å². The molecule has 0 saturated carbocycles. The lowest BCUT2D eigenvalue weighted by Gasteiger charge is -2.18. The number of nitrogens with zero attached hydrogens (tertiary/aromatic N) is 1. The Morgan fingerprint density at radius 3 is 2.40 bits per heavy atom. The van der Waals surface area contributed by atoms with Gasteiger partial charge in [0.1, 0.15) is 0 Å². The van der Waals surface area contributed by atoms with Gasteiger partial charge in [-0.05, 0) is 24.1 Å². The molecule has 15 heavy (non-hydrogen) atoms. The Labute approximate surface area is 95.1 Å². The molecule has 3 nitrogen and oxygen atoms in total. The molecule has 0 atom stereocenters. The van der Waals surface area contributed by atoms with Gasteiger partial charge in [0.2, 0.25) is 9.05 Å². The molecular formula is C10H14ClNO2S. The quantitative estimate of drug-likeness (QED) is 0.768. The molecule has 1 aromatic carbocycles. The largest absolute Gasteiger partial charge is 0.377 e. The first-order valence-electron chi connectivity index (χ1n) is 4.49. The summed E-state index contributed by atoms with van der Waals surface area (Å²) in [6, 6.07) is 5.66. The van der Waals surface area contributed by atoms with Crippen molar-refractivity contribution in [2.45, 2.75) is 12.7 Å². The summed E-state index contributed by atoms with van der Waals surface area (Å²) >= 11 is 0. The zero-order valence-corrected chi connectivity index (χ0v) is 10.6. The minimum Gasteiger partial charge on any atom is -0.377 e. The molecule has 0 N–H and O–H groups in total. The molecule has 0 aliphatic heterocycles. The third-order valence-corrected chi connectivity index (χ3v) is 3.14. The van der Waals surface area contributed by atoms with Crippen LogP contribution < -0.4 is 4.90 Å². The van der Waals surface area contributed by atoms with Gasteiger partial charge in [0.15, 0.2) is 0 Å². The lowest BCUT2D eigenvalue weighted by molar-refractivity contribution is 0.608. The van der Waals surface area contributed by atoms with Gasteiger partial charge in [-0.3, -0.25) is 0 Å². The summed E-state index contributed by atoms with van der Waals surface area (Å²) in [6.07, 6.45) is 0. The van der Waals surface area contributed by atoms with E-state index in [2.05, 4.69) is 0 Å². The van der Waals surface area contributed by atoms with Crippen LogP contribution in [-0.2, 0) is 14.8 Å². The van der Waals surface area contributed by atoms with Gasteiger partial charge < -0.3 is 4.90 Å². The van der Waals surface area contributed by atoms with Crippen LogP contribution in [0.25, 0.3) is 0 Å². The van der Waals surface area contributed by atoms with E-state index in [1.165, 1.54) is 0 Å². The first-order valence-corrected chi connectivity index (χ1v) is 6.97. The first kappa shape index (κ1) is 12.3. The Hall–Kier alpha value is -0.740. The molecule has 0 aliphatic carbocycles. The highest BCUT2D eigenvalue weighted by molar-refractivity contribution is 8.13. The van der Waals surface area contributed by atoms with Crippen molar-refractivity contribution in [1.82, 2.24) is 0 Å². The maximum absolute atomic E-state index is 11.1. The molecule has 0 amide bonds. The fourth-order valence-electron chi connectivity index (χ4n) is 1.47. The molecule has 0 heterocycles. The number of hydrogen-bond donors (Lipinski definition) is 0. The van der Waals surface area contributed by atoms with Gasteiger partial charge in [0.25, 0.3) is 0 Å². The molecule has 84 valence electrons. The second-order valence-corrected chi connectivity index (χ2v) is 6.43. The smallest absolute Gasteiger partial charge is 0.236 e. The topological polar surface area (TPSA) is 37.4 Å². The summed E-state index contributed by atoms with van der Waals surface area (Å²) < 4.78 is 22.1. The number of hydrogen-bond acceptors (Lipinski definition) is 3. The Morgan fingerprint density at radius 2 is 1.93 bits per heavy atom. The van der Waals surface area contributed by atoms with Crippen LogP contribution in [0.5, 0.6) is 0 Å². The Kier molecular flexibility index (Phi) is 3.62. The van der Waals surface area contributed by atoms with Crippen molar-refractivity contribution in [2.24, 2.45) is 0 Å². The summed E-state index contributed by atoms with van der Waals surface area (Å²) in [7, 11) is 5.51. The van der Waals surface area contributed by atoms with E-state index in [9.17, 15) is 8.42 Å². The van der Waals surface area contributed by atoms with E-state index in [0.717, 1.165) is 16.8 Å². The number of benzene rings is 1. The molecular weight excluding hydrogens is 234 g/mol. The Morgan fingerprint density at radius 1 is 1.33 bits per heavy atom. The summed E-state index contributed by atoms with van der Waals surface area (Å²) in [6.45, 7) is 1.88. The van der Waals surface area contributed by atoms with Gasteiger partial charge in [0.05, 0.1) is 5.75 Å². The zero-order chi connectivity index (χ0) is 11.6. The molecule has 0 fully saturated rings. The molecule has 0 radical (unpaired) electrons. The van der Waals surface area contributed by atoms with Gasteiger partial charge in [0, 0.05) is 30.5 Å². The SMILES string of the molecule is Cc1cccc(N(C)C)c1CS(=O)(=O)Cl. The highest BCUT2D eigenvalue weighted by atomic mass is 35.7. The fraction of sp³-hybridized carbons (Fsp3) is 0.400. The molecule has 1 rings (SSSR count). The third-order valence-electron chi connectivity index (χ3n) is 2.18. The van der Waals surface area contributed by atoms with Gasteiger partial charge in [-0.1, -0.05) is 12.1 Å². The van der Waals surface area contributed by atoms with Gasteiger partial charge in [-0.25, -0.2) is 8.42 Å². The predicted molar refractivity (Wildman–Crippen MR) is 64.0 cm³/mol. The molecule has 0 aliphatic rings. The third kappa shape index (κ3) is 3.39. The van der Waals surface area contributed by atoms with Crippen molar-refractivity contribution in [3.8, 4) is 0 Å². The molecule has 1 aromatic rings. The molecule has 0 aromatic heterocycles. The molecule has 0 unspecified atom stereocenters. The second kappa shape index (κ2) is 4.41. The fourth-order valence-corrected chi connectivity index (χ4v) is 2.51. The van der Waals surface area contributed by atoms with Gasteiger partial charge in [-0.2, -0.15) is 0 Å². The van der Waals surface area contributed by atoms with Crippen molar-refractivity contribution in [3.63, 3.8) is 0 Å². The van der Waals surface area contributed by atoms with E-state index in [1.54, 1.807) is 0 Å². The Balaban J connectivity index is 3.25. The highest BCUT2D eigenvalue weighted by Crippen LogP contribution is 2.25. The molecule has 0 spiro atoms. The van der Waals surface area contributed by atoms with E-state index in [4.69, 9.17) is 10.7 Å². The average Bonchev–Trinajstić information content (AvgIpc) is 2.05. The van der Waals surface area contributed by atoms with E-state index in [-0.39, 0.29) is 5.75 Å². The number of rotatable bonds is 3. The van der Waals surface area contributed by atoms with E-state index in [0.29, 0.717) is 0 Å². The molecule has 0 saturated heterocycles. The van der Waals surface area contributed by atoms with Gasteiger partial charge in [-0.15, -0.1) is 0 Å². The molecule has 5 heteroatoms. The lowest BCUT2D eigenvalue weighted by atomic mass is 10.1. The van der Waals surface area contributed by atoms with E-state index in [1.807, 2.05) is 44.1 Å². The van der Waals surface area contributed by atoms with Crippen LogP contribution in [0.1, 0.15) is 11.1 Å². The molecule has 0 bridgehead atoms. The monoisotopic (exact) mass is 247 g/mol. The summed E-state index contributed by atoms with van der Waals surface area (Å²) in [5.74, 6) is -0.130. The van der Waals surface area contributed by atoms with Crippen LogP contribution >= 0.6 is 10.7 Å². The lowest BCUT2D eigenvalue weighted by Crippen LogP contribution is -2.13. The standard InChI is InChI=1S/C10H14ClNO2S/c1-8-5-4-6-10(12(2)3)9(8)7-15(11,13)14/h4-6H,7H2,1-3H3. The number of aryl methyl sites for hydroxylation is 1. The van der Waals surface area contributed by atoms with Crippen molar-refractivity contribution in [1.29, 1.82) is 0 Å². The van der Waals surface area contributed by atoms with Crippen molar-refractivity contribution in [3.05, 3.63) is 29.3 Å². The first-order chi connectivity index (χ1) is 6.81. The van der Waals surface area contributed by atoms with Crippen LogP contribution in [-0.4, -0.2) is 22.5 Å². The second-order valence-electron chi connectivity index (χ2n) is 3.65. The average molecular weight is 248 g/mol. The summed E-state index contributed by atoms with van der Waals surface area (Å²) in [5.41, 5.74) is 2.59. The minimum absolute atomic E-state index is 0.130. The van der Waals surface area contributed by atoms with Gasteiger partial charge >= 0.3 is 0 Å². The highest BCUT2D eigenvalue weighted by Gasteiger charge is 2.14. The van der Waals surface area contributed by atoms with Crippen LogP contribution in [0.2, 0.25) is 0 Å². The van der Waals surface area contributed by atoms with E-state index < -0.39 is 9.05 Å². The Bertz CT molecular complexity index is 454. The van der Waals surface area contributed by atoms with Crippen LogP contribution in [0.4, 0.5) is 5.69 Å². The van der Waals surface area contributed by atoms with Crippen molar-refractivity contribution >= 4 is 25.4 Å². The van der Waals surface area contributed by atoms with Crippen LogP contribution in [0.15, 0.2) is 18.2 Å². The van der Waals surface area contributed by atoms with Crippen molar-refractivity contribution < 1.29 is 8.42 Å². The predicted octanol–water partition coefficient (Wildman–Crippen LogP) is 2.13. The normalized spacial score (nSPS) is 11.5. The minimum atomic E-state index is -3.51. The maximum atomic E-state index is 11.1.